The largest absolute Gasteiger partial charge is 0.497 e. The molecule has 0 spiro atoms. The molecule has 1 aromatic heterocycles. The molecule has 1 saturated carbocycles. The van der Waals surface area contributed by atoms with Gasteiger partial charge in [-0.05, 0) is 44.0 Å². The molecule has 4 rings (SSSR count). The fraction of sp³-hybridized carbons (Fsp3) is 0.440. The van der Waals surface area contributed by atoms with Gasteiger partial charge in [0.25, 0.3) is 0 Å². The number of Topliss-reactive ketones (excluding diaryl/α,β-unsaturated/α-hetero) is 1. The smallest absolute Gasteiger partial charge is 0.330 e. The minimum absolute atomic E-state index is 0.00206. The molecule has 1 fully saturated rings. The third-order valence-corrected chi connectivity index (χ3v) is 6.55. The van der Waals surface area contributed by atoms with Gasteiger partial charge in [-0.2, -0.15) is 4.98 Å². The third-order valence-electron chi connectivity index (χ3n) is 6.55. The van der Waals surface area contributed by atoms with Gasteiger partial charge in [0.15, 0.2) is 5.78 Å². The topological polar surface area (TPSA) is 99.7 Å². The predicted molar refractivity (Wildman–Crippen MR) is 132 cm³/mol. The SMILES string of the molecule is C=C(CN[C@H]1CCCC[C@H]1Nc1ncc2c(n1)N(C)C(=O)N(c1ccc(OC)cc1)C2)C(C)=O. The lowest BCUT2D eigenvalue weighted by atomic mass is 9.90. The molecule has 1 aliphatic carbocycles. The second-order valence-corrected chi connectivity index (χ2v) is 8.85. The number of carbonyl (C=O) groups excluding carboxylic acids is 2. The van der Waals surface area contributed by atoms with E-state index in [4.69, 9.17) is 4.74 Å². The highest BCUT2D eigenvalue weighted by atomic mass is 16.5. The van der Waals surface area contributed by atoms with Crippen molar-refractivity contribution >= 4 is 29.3 Å². The number of anilines is 3. The van der Waals surface area contributed by atoms with E-state index in [1.807, 2.05) is 24.3 Å². The number of nitrogens with zero attached hydrogens (tertiary/aromatic N) is 4. The average Bonchev–Trinajstić information content (AvgIpc) is 2.85. The summed E-state index contributed by atoms with van der Waals surface area (Å²) in [5.41, 5.74) is 2.24. The Hall–Kier alpha value is -3.46. The average molecular weight is 465 g/mol. The normalized spacial score (nSPS) is 20.0. The molecule has 1 aromatic carbocycles. The molecular weight excluding hydrogens is 432 g/mol. The first-order chi connectivity index (χ1) is 16.4. The molecule has 0 radical (unpaired) electrons. The molecular formula is C25H32N6O3. The van der Waals surface area contributed by atoms with Crippen LogP contribution in [0.15, 0.2) is 42.6 Å². The van der Waals surface area contributed by atoms with E-state index in [2.05, 4.69) is 27.2 Å². The molecule has 34 heavy (non-hydrogen) atoms. The minimum atomic E-state index is -0.151. The second kappa shape index (κ2) is 10.2. The number of amides is 2. The van der Waals surface area contributed by atoms with E-state index in [9.17, 15) is 9.59 Å². The van der Waals surface area contributed by atoms with E-state index in [0.29, 0.717) is 30.4 Å². The van der Waals surface area contributed by atoms with Crippen molar-refractivity contribution in [3.05, 3.63) is 48.2 Å². The molecule has 1 aliphatic heterocycles. The summed E-state index contributed by atoms with van der Waals surface area (Å²) in [5, 5.41) is 6.92. The van der Waals surface area contributed by atoms with Gasteiger partial charge in [-0.1, -0.05) is 19.4 Å². The number of methoxy groups -OCH3 is 1. The molecule has 9 nitrogen and oxygen atoms in total. The van der Waals surface area contributed by atoms with E-state index in [-0.39, 0.29) is 23.9 Å². The number of urea groups is 1. The molecule has 2 aromatic rings. The highest BCUT2D eigenvalue weighted by Gasteiger charge is 2.31. The van der Waals surface area contributed by atoms with Gasteiger partial charge in [-0.15, -0.1) is 0 Å². The van der Waals surface area contributed by atoms with Gasteiger partial charge in [0.05, 0.1) is 13.7 Å². The maximum absolute atomic E-state index is 13.1. The second-order valence-electron chi connectivity index (χ2n) is 8.85. The fourth-order valence-electron chi connectivity index (χ4n) is 4.44. The molecule has 2 aliphatic rings. The van der Waals surface area contributed by atoms with Crippen molar-refractivity contribution in [2.75, 3.05) is 35.8 Å². The highest BCUT2D eigenvalue weighted by molar-refractivity contribution is 6.05. The number of nitrogens with one attached hydrogen (secondary N) is 2. The van der Waals surface area contributed by atoms with Crippen molar-refractivity contribution in [3.8, 4) is 5.75 Å². The zero-order valence-electron chi connectivity index (χ0n) is 20.0. The van der Waals surface area contributed by atoms with Crippen LogP contribution in [0.25, 0.3) is 0 Å². The van der Waals surface area contributed by atoms with E-state index >= 15 is 0 Å². The van der Waals surface area contributed by atoms with Crippen molar-refractivity contribution in [2.24, 2.45) is 0 Å². The number of ether oxygens (including phenoxy) is 1. The van der Waals surface area contributed by atoms with Gasteiger partial charge in [0.1, 0.15) is 11.6 Å². The lowest BCUT2D eigenvalue weighted by Crippen LogP contribution is -2.48. The van der Waals surface area contributed by atoms with Crippen LogP contribution in [0.3, 0.4) is 0 Å². The molecule has 2 atom stereocenters. The molecule has 0 bridgehead atoms. The summed E-state index contributed by atoms with van der Waals surface area (Å²) < 4.78 is 5.22. The van der Waals surface area contributed by atoms with Gasteiger partial charge >= 0.3 is 6.03 Å². The Labute approximate surface area is 200 Å². The number of aromatic nitrogens is 2. The van der Waals surface area contributed by atoms with E-state index in [1.165, 1.54) is 6.92 Å². The monoisotopic (exact) mass is 464 g/mol. The van der Waals surface area contributed by atoms with E-state index < -0.39 is 0 Å². The van der Waals surface area contributed by atoms with Crippen LogP contribution in [0.2, 0.25) is 0 Å². The van der Waals surface area contributed by atoms with Crippen LogP contribution in [0.1, 0.15) is 38.2 Å². The van der Waals surface area contributed by atoms with Gasteiger partial charge < -0.3 is 15.4 Å². The molecule has 2 N–H and O–H groups in total. The third kappa shape index (κ3) is 5.04. The summed E-state index contributed by atoms with van der Waals surface area (Å²) in [6.07, 6.45) is 6.01. The maximum atomic E-state index is 13.1. The zero-order valence-corrected chi connectivity index (χ0v) is 20.0. The van der Waals surface area contributed by atoms with Crippen molar-refractivity contribution in [1.29, 1.82) is 0 Å². The molecule has 9 heteroatoms. The number of benzene rings is 1. The van der Waals surface area contributed by atoms with Gasteiger partial charge in [-0.3, -0.25) is 14.6 Å². The standard InChI is InChI=1S/C25H32N6O3/c1-16(17(2)32)13-26-21-7-5-6-8-22(21)28-24-27-14-18-15-31(25(33)30(3)23(18)29-24)19-9-11-20(34-4)12-10-19/h9-12,14,21-22,26H,1,5-8,13,15H2,2-4H3,(H,27,28,29)/t21-,22+/m0/s1. The number of carbonyl (C=O) groups is 2. The Morgan fingerprint density at radius 3 is 2.59 bits per heavy atom. The Morgan fingerprint density at radius 1 is 1.21 bits per heavy atom. The number of rotatable bonds is 8. The van der Waals surface area contributed by atoms with Gasteiger partial charge in [-0.25, -0.2) is 9.78 Å². The Kier molecular flexibility index (Phi) is 7.12. The molecule has 2 heterocycles. The van der Waals surface area contributed by atoms with Crippen molar-refractivity contribution < 1.29 is 14.3 Å². The molecule has 180 valence electrons. The van der Waals surface area contributed by atoms with E-state index in [0.717, 1.165) is 42.7 Å². The molecule has 2 amide bonds. The van der Waals surface area contributed by atoms with Crippen LogP contribution in [0.4, 0.5) is 22.2 Å². The van der Waals surface area contributed by atoms with Crippen LogP contribution in [-0.2, 0) is 11.3 Å². The maximum Gasteiger partial charge on any atom is 0.330 e. The number of fused-ring (bicyclic) bond motifs is 1. The first-order valence-corrected chi connectivity index (χ1v) is 11.6. The van der Waals surface area contributed by atoms with Crippen LogP contribution in [0.5, 0.6) is 5.75 Å². The Balaban J connectivity index is 1.48. The van der Waals surface area contributed by atoms with Crippen LogP contribution in [0, 0.1) is 0 Å². The summed E-state index contributed by atoms with van der Waals surface area (Å²) in [5.74, 6) is 1.85. The number of ketones is 1. The van der Waals surface area contributed by atoms with Crippen molar-refractivity contribution in [3.63, 3.8) is 0 Å². The quantitative estimate of drug-likeness (QED) is 0.577. The van der Waals surface area contributed by atoms with Gasteiger partial charge in [0.2, 0.25) is 5.95 Å². The minimum Gasteiger partial charge on any atom is -0.497 e. The summed E-state index contributed by atoms with van der Waals surface area (Å²) in [7, 11) is 3.34. The Morgan fingerprint density at radius 2 is 1.91 bits per heavy atom. The van der Waals surface area contributed by atoms with Crippen LogP contribution in [-0.4, -0.2) is 54.6 Å². The highest BCUT2D eigenvalue weighted by Crippen LogP contribution is 2.31. The Bertz CT molecular complexity index is 1070. The molecule has 0 unspecified atom stereocenters. The summed E-state index contributed by atoms with van der Waals surface area (Å²) in [6, 6.07) is 7.57. The van der Waals surface area contributed by atoms with Gasteiger partial charge in [0, 0.05) is 48.7 Å². The van der Waals surface area contributed by atoms with E-state index in [1.54, 1.807) is 30.2 Å². The lowest BCUT2D eigenvalue weighted by molar-refractivity contribution is -0.113. The first-order valence-electron chi connectivity index (χ1n) is 11.6. The summed E-state index contributed by atoms with van der Waals surface area (Å²) >= 11 is 0. The fourth-order valence-corrected chi connectivity index (χ4v) is 4.44. The van der Waals surface area contributed by atoms with Crippen molar-refractivity contribution in [2.45, 2.75) is 51.2 Å². The summed E-state index contributed by atoms with van der Waals surface area (Å²) in [4.78, 5) is 37.1. The number of hydrogen-bond donors (Lipinski definition) is 2. The van der Waals surface area contributed by atoms with Crippen molar-refractivity contribution in [1.82, 2.24) is 15.3 Å². The first kappa shape index (κ1) is 23.7. The zero-order chi connectivity index (χ0) is 24.2. The van der Waals surface area contributed by atoms with Crippen LogP contribution < -0.4 is 25.2 Å². The number of hydrogen-bond acceptors (Lipinski definition) is 7. The summed E-state index contributed by atoms with van der Waals surface area (Å²) in [6.45, 7) is 6.25. The predicted octanol–water partition coefficient (Wildman–Crippen LogP) is 3.52. The molecule has 0 saturated heterocycles. The lowest BCUT2D eigenvalue weighted by Gasteiger charge is -2.35. The van der Waals surface area contributed by atoms with Crippen LogP contribution >= 0.6 is 0 Å².